The molecule has 1 aromatic heterocycles. The fourth-order valence-electron chi connectivity index (χ4n) is 2.91. The number of halogens is 2. The molecule has 0 aliphatic carbocycles. The second kappa shape index (κ2) is 7.14. The SMILES string of the molecule is CC(C(=O)N[C@@H](C)c1ccc(F)cc1F)n1c(=O)[nH]c2ccccc2c1=O. The van der Waals surface area contributed by atoms with E-state index in [1.807, 2.05) is 0 Å². The maximum absolute atomic E-state index is 13.9. The molecular weight excluding hydrogens is 356 g/mol. The van der Waals surface area contributed by atoms with Crippen molar-refractivity contribution in [2.45, 2.75) is 25.9 Å². The van der Waals surface area contributed by atoms with Crippen molar-refractivity contribution in [3.05, 3.63) is 80.5 Å². The zero-order valence-electron chi connectivity index (χ0n) is 14.6. The molecule has 8 heteroatoms. The highest BCUT2D eigenvalue weighted by atomic mass is 19.1. The van der Waals surface area contributed by atoms with E-state index in [0.717, 1.165) is 16.7 Å². The van der Waals surface area contributed by atoms with Crippen LogP contribution in [0.3, 0.4) is 0 Å². The van der Waals surface area contributed by atoms with Gasteiger partial charge in [0.25, 0.3) is 5.56 Å². The standard InChI is InChI=1S/C19H17F2N3O3/c1-10(13-8-7-12(20)9-15(13)21)22-17(25)11(2)24-18(26)14-5-3-4-6-16(14)23-19(24)27/h3-11H,1-2H3,(H,22,25)(H,23,27)/t10-,11?/m0/s1. The summed E-state index contributed by atoms with van der Waals surface area (Å²) >= 11 is 0. The molecular formula is C19H17F2N3O3. The van der Waals surface area contributed by atoms with Crippen LogP contribution in [-0.4, -0.2) is 15.5 Å². The molecule has 0 saturated heterocycles. The van der Waals surface area contributed by atoms with Gasteiger partial charge in [-0.05, 0) is 32.0 Å². The van der Waals surface area contributed by atoms with E-state index in [1.54, 1.807) is 24.3 Å². The molecule has 0 fully saturated rings. The minimum Gasteiger partial charge on any atom is -0.348 e. The quantitative estimate of drug-likeness (QED) is 0.737. The third-order valence-electron chi connectivity index (χ3n) is 4.39. The fourth-order valence-corrected chi connectivity index (χ4v) is 2.91. The molecule has 6 nitrogen and oxygen atoms in total. The van der Waals surface area contributed by atoms with E-state index >= 15 is 0 Å². The first-order valence-electron chi connectivity index (χ1n) is 8.28. The third kappa shape index (κ3) is 3.51. The molecule has 0 radical (unpaired) electrons. The van der Waals surface area contributed by atoms with Crippen molar-refractivity contribution >= 4 is 16.8 Å². The van der Waals surface area contributed by atoms with Gasteiger partial charge in [0.05, 0.1) is 16.9 Å². The van der Waals surface area contributed by atoms with Crippen LogP contribution in [0.15, 0.2) is 52.1 Å². The summed E-state index contributed by atoms with van der Waals surface area (Å²) in [6.07, 6.45) is 0. The monoisotopic (exact) mass is 373 g/mol. The van der Waals surface area contributed by atoms with Gasteiger partial charge in [-0.15, -0.1) is 0 Å². The van der Waals surface area contributed by atoms with Gasteiger partial charge in [-0.3, -0.25) is 9.59 Å². The first-order chi connectivity index (χ1) is 12.8. The van der Waals surface area contributed by atoms with Gasteiger partial charge in [0.2, 0.25) is 5.91 Å². The van der Waals surface area contributed by atoms with Gasteiger partial charge in [-0.2, -0.15) is 0 Å². The van der Waals surface area contributed by atoms with Gasteiger partial charge >= 0.3 is 5.69 Å². The Morgan fingerprint density at radius 2 is 1.81 bits per heavy atom. The highest BCUT2D eigenvalue weighted by molar-refractivity contribution is 5.81. The number of carbonyl (C=O) groups excluding carboxylic acids is 1. The highest BCUT2D eigenvalue weighted by Crippen LogP contribution is 2.18. The average molecular weight is 373 g/mol. The van der Waals surface area contributed by atoms with Crippen LogP contribution in [0.2, 0.25) is 0 Å². The lowest BCUT2D eigenvalue weighted by Gasteiger charge is -2.19. The number of para-hydroxylation sites is 1. The second-order valence-electron chi connectivity index (χ2n) is 6.22. The summed E-state index contributed by atoms with van der Waals surface area (Å²) in [4.78, 5) is 40.0. The maximum atomic E-state index is 13.9. The van der Waals surface area contributed by atoms with Gasteiger partial charge in [-0.1, -0.05) is 18.2 Å². The lowest BCUT2D eigenvalue weighted by molar-refractivity contribution is -0.124. The number of rotatable bonds is 4. The minimum atomic E-state index is -1.13. The number of nitrogens with zero attached hydrogens (tertiary/aromatic N) is 1. The molecule has 1 unspecified atom stereocenters. The third-order valence-corrected chi connectivity index (χ3v) is 4.39. The van der Waals surface area contributed by atoms with Crippen molar-refractivity contribution in [1.82, 2.24) is 14.9 Å². The number of fused-ring (bicyclic) bond motifs is 1. The van der Waals surface area contributed by atoms with Gasteiger partial charge in [0, 0.05) is 11.6 Å². The Bertz CT molecular complexity index is 1140. The molecule has 0 spiro atoms. The van der Waals surface area contributed by atoms with Crippen LogP contribution in [0.5, 0.6) is 0 Å². The van der Waals surface area contributed by atoms with Crippen molar-refractivity contribution in [2.24, 2.45) is 0 Å². The van der Waals surface area contributed by atoms with E-state index in [-0.39, 0.29) is 10.9 Å². The summed E-state index contributed by atoms with van der Waals surface area (Å²) in [6, 6.07) is 7.59. The van der Waals surface area contributed by atoms with Crippen LogP contribution in [0.4, 0.5) is 8.78 Å². The Balaban J connectivity index is 1.91. The number of hydrogen-bond donors (Lipinski definition) is 2. The lowest BCUT2D eigenvalue weighted by atomic mass is 10.1. The van der Waals surface area contributed by atoms with E-state index in [4.69, 9.17) is 0 Å². The molecule has 3 rings (SSSR count). The molecule has 0 bridgehead atoms. The van der Waals surface area contributed by atoms with E-state index in [1.165, 1.54) is 19.9 Å². The molecule has 2 N–H and O–H groups in total. The number of benzene rings is 2. The number of carbonyl (C=O) groups is 1. The average Bonchev–Trinajstić information content (AvgIpc) is 2.61. The largest absolute Gasteiger partial charge is 0.348 e. The van der Waals surface area contributed by atoms with Gasteiger partial charge in [0.1, 0.15) is 17.7 Å². The summed E-state index contributed by atoms with van der Waals surface area (Å²) < 4.78 is 27.7. The molecule has 1 heterocycles. The van der Waals surface area contributed by atoms with E-state index in [2.05, 4.69) is 10.3 Å². The molecule has 3 aromatic rings. The number of amides is 1. The predicted molar refractivity (Wildman–Crippen MR) is 96.5 cm³/mol. The highest BCUT2D eigenvalue weighted by Gasteiger charge is 2.23. The molecule has 0 aliphatic rings. The van der Waals surface area contributed by atoms with Gasteiger partial charge < -0.3 is 10.3 Å². The minimum absolute atomic E-state index is 0.0942. The number of aromatic amines is 1. The molecule has 140 valence electrons. The van der Waals surface area contributed by atoms with E-state index < -0.39 is 40.9 Å². The normalized spacial score (nSPS) is 13.3. The Morgan fingerprint density at radius 3 is 2.52 bits per heavy atom. The van der Waals surface area contributed by atoms with E-state index in [9.17, 15) is 23.2 Å². The number of nitrogens with one attached hydrogen (secondary N) is 2. The first-order valence-corrected chi connectivity index (χ1v) is 8.28. The fraction of sp³-hybridized carbons (Fsp3) is 0.211. The summed E-state index contributed by atoms with van der Waals surface area (Å²) in [5.41, 5.74) is -0.852. The molecule has 2 atom stereocenters. The Labute approximate surface area is 152 Å². The van der Waals surface area contributed by atoms with Crippen LogP contribution >= 0.6 is 0 Å². The Morgan fingerprint density at radius 1 is 1.11 bits per heavy atom. The van der Waals surface area contributed by atoms with Crippen molar-refractivity contribution < 1.29 is 13.6 Å². The van der Waals surface area contributed by atoms with Crippen LogP contribution in [-0.2, 0) is 4.79 Å². The van der Waals surface area contributed by atoms with Crippen LogP contribution in [0.25, 0.3) is 10.9 Å². The summed E-state index contributed by atoms with van der Waals surface area (Å²) in [6.45, 7) is 2.92. The zero-order chi connectivity index (χ0) is 19.7. The van der Waals surface area contributed by atoms with Crippen molar-refractivity contribution in [2.75, 3.05) is 0 Å². The Kier molecular flexibility index (Phi) is 4.89. The number of H-pyrrole nitrogens is 1. The molecule has 0 aliphatic heterocycles. The van der Waals surface area contributed by atoms with Crippen molar-refractivity contribution in [3.8, 4) is 0 Å². The molecule has 0 saturated carbocycles. The van der Waals surface area contributed by atoms with Crippen LogP contribution < -0.4 is 16.6 Å². The summed E-state index contributed by atoms with van der Waals surface area (Å²) in [7, 11) is 0. The predicted octanol–water partition coefficient (Wildman–Crippen LogP) is 2.41. The second-order valence-corrected chi connectivity index (χ2v) is 6.22. The Hall–Kier alpha value is -3.29. The first kappa shape index (κ1) is 18.5. The maximum Gasteiger partial charge on any atom is 0.329 e. The zero-order valence-corrected chi connectivity index (χ0v) is 14.6. The van der Waals surface area contributed by atoms with Crippen molar-refractivity contribution in [1.29, 1.82) is 0 Å². The van der Waals surface area contributed by atoms with Gasteiger partial charge in [-0.25, -0.2) is 18.1 Å². The van der Waals surface area contributed by atoms with Crippen molar-refractivity contribution in [3.63, 3.8) is 0 Å². The number of hydrogen-bond acceptors (Lipinski definition) is 3. The summed E-state index contributed by atoms with van der Waals surface area (Å²) in [5, 5.41) is 2.82. The smallest absolute Gasteiger partial charge is 0.329 e. The summed E-state index contributed by atoms with van der Waals surface area (Å²) in [5.74, 6) is -2.16. The number of aromatic nitrogens is 2. The van der Waals surface area contributed by atoms with E-state index in [0.29, 0.717) is 5.52 Å². The topological polar surface area (TPSA) is 84.0 Å². The molecule has 2 aromatic carbocycles. The molecule has 27 heavy (non-hydrogen) atoms. The van der Waals surface area contributed by atoms with Crippen LogP contribution in [0.1, 0.15) is 31.5 Å². The van der Waals surface area contributed by atoms with Gasteiger partial charge in [0.15, 0.2) is 0 Å². The molecule has 1 amide bonds. The van der Waals surface area contributed by atoms with Crippen LogP contribution in [0, 0.1) is 11.6 Å². The lowest BCUT2D eigenvalue weighted by Crippen LogP contribution is -2.44.